The normalized spacial score (nSPS) is 17.2. The van der Waals surface area contributed by atoms with Crippen LogP contribution in [0.15, 0.2) is 48.0 Å². The van der Waals surface area contributed by atoms with Crippen molar-refractivity contribution in [2.45, 2.75) is 13.8 Å². The van der Waals surface area contributed by atoms with E-state index in [1.807, 2.05) is 43.3 Å². The minimum atomic E-state index is -0.346. The van der Waals surface area contributed by atoms with Gasteiger partial charge in [-0.1, -0.05) is 18.2 Å². The standard InChI is InChI=1S/C20H16O4/c1-12-3-5-15(7-13(12)2)18-10-16(20(21)24-18)8-14-4-6-17-19(9-14)23-11-22-17/h3-10H,11H2,1-2H3. The minimum Gasteiger partial charge on any atom is -0.454 e. The van der Waals surface area contributed by atoms with E-state index in [0.717, 1.165) is 22.4 Å². The molecule has 2 aliphatic heterocycles. The molecule has 0 unspecified atom stereocenters. The van der Waals surface area contributed by atoms with Crippen LogP contribution in [0.4, 0.5) is 0 Å². The first-order chi connectivity index (χ1) is 11.6. The summed E-state index contributed by atoms with van der Waals surface area (Å²) in [6.45, 7) is 4.33. The number of carbonyl (C=O) groups is 1. The molecule has 0 N–H and O–H groups in total. The van der Waals surface area contributed by atoms with Crippen LogP contribution < -0.4 is 9.47 Å². The fourth-order valence-electron chi connectivity index (χ4n) is 2.71. The molecule has 0 spiro atoms. The second-order valence-corrected chi connectivity index (χ2v) is 5.91. The molecule has 4 nitrogen and oxygen atoms in total. The summed E-state index contributed by atoms with van der Waals surface area (Å²) in [5, 5.41) is 0. The Balaban J connectivity index is 1.67. The Labute approximate surface area is 140 Å². The highest BCUT2D eigenvalue weighted by Gasteiger charge is 2.22. The number of cyclic esters (lactones) is 1. The van der Waals surface area contributed by atoms with Gasteiger partial charge in [0.15, 0.2) is 11.5 Å². The van der Waals surface area contributed by atoms with Crippen LogP contribution in [-0.4, -0.2) is 12.8 Å². The summed E-state index contributed by atoms with van der Waals surface area (Å²) in [5.74, 6) is 1.64. The van der Waals surface area contributed by atoms with Crippen molar-refractivity contribution in [3.63, 3.8) is 0 Å². The lowest BCUT2D eigenvalue weighted by molar-refractivity contribution is -0.130. The number of benzene rings is 2. The number of carbonyl (C=O) groups excluding carboxylic acids is 1. The van der Waals surface area contributed by atoms with Crippen LogP contribution in [0.25, 0.3) is 11.8 Å². The monoisotopic (exact) mass is 320 g/mol. The molecule has 0 aliphatic carbocycles. The number of hydrogen-bond donors (Lipinski definition) is 0. The topological polar surface area (TPSA) is 44.8 Å². The Hall–Kier alpha value is -3.01. The molecule has 2 aromatic carbocycles. The van der Waals surface area contributed by atoms with E-state index in [4.69, 9.17) is 14.2 Å². The number of aryl methyl sites for hydroxylation is 2. The molecule has 2 aromatic rings. The molecular weight excluding hydrogens is 304 g/mol. The maximum Gasteiger partial charge on any atom is 0.343 e. The van der Waals surface area contributed by atoms with E-state index >= 15 is 0 Å². The van der Waals surface area contributed by atoms with E-state index in [-0.39, 0.29) is 12.8 Å². The van der Waals surface area contributed by atoms with Crippen molar-refractivity contribution < 1.29 is 19.0 Å². The number of esters is 1. The minimum absolute atomic E-state index is 0.230. The van der Waals surface area contributed by atoms with E-state index in [1.165, 1.54) is 5.56 Å². The molecule has 0 saturated heterocycles. The van der Waals surface area contributed by atoms with Crippen LogP contribution in [0.5, 0.6) is 11.5 Å². The highest BCUT2D eigenvalue weighted by molar-refractivity contribution is 6.05. The first kappa shape index (κ1) is 14.6. The lowest BCUT2D eigenvalue weighted by Crippen LogP contribution is -1.97. The summed E-state index contributed by atoms with van der Waals surface area (Å²) >= 11 is 0. The van der Waals surface area contributed by atoms with Crippen molar-refractivity contribution in [1.82, 2.24) is 0 Å². The van der Waals surface area contributed by atoms with Gasteiger partial charge in [0, 0.05) is 5.56 Å². The molecule has 0 fully saturated rings. The molecule has 24 heavy (non-hydrogen) atoms. The summed E-state index contributed by atoms with van der Waals surface area (Å²) in [5.41, 5.74) is 4.66. The second kappa shape index (κ2) is 5.57. The number of fused-ring (bicyclic) bond motifs is 1. The van der Waals surface area contributed by atoms with Gasteiger partial charge in [0.2, 0.25) is 6.79 Å². The molecule has 4 heteroatoms. The maximum absolute atomic E-state index is 12.1. The summed E-state index contributed by atoms with van der Waals surface area (Å²) in [4.78, 5) is 12.1. The Kier molecular flexibility index (Phi) is 3.38. The van der Waals surface area contributed by atoms with E-state index in [0.29, 0.717) is 17.1 Å². The van der Waals surface area contributed by atoms with Gasteiger partial charge >= 0.3 is 5.97 Å². The van der Waals surface area contributed by atoms with Crippen LogP contribution in [0.3, 0.4) is 0 Å². The van der Waals surface area contributed by atoms with Gasteiger partial charge in [-0.15, -0.1) is 0 Å². The highest BCUT2D eigenvalue weighted by Crippen LogP contribution is 2.34. The molecule has 0 amide bonds. The lowest BCUT2D eigenvalue weighted by atomic mass is 10.0. The molecule has 2 heterocycles. The van der Waals surface area contributed by atoms with Gasteiger partial charge in [-0.05, 0) is 60.9 Å². The van der Waals surface area contributed by atoms with Crippen molar-refractivity contribution in [3.8, 4) is 11.5 Å². The van der Waals surface area contributed by atoms with E-state index in [1.54, 1.807) is 12.2 Å². The van der Waals surface area contributed by atoms with E-state index in [2.05, 4.69) is 6.92 Å². The molecule has 4 rings (SSSR count). The van der Waals surface area contributed by atoms with Crippen molar-refractivity contribution >= 4 is 17.8 Å². The fourth-order valence-corrected chi connectivity index (χ4v) is 2.71. The quantitative estimate of drug-likeness (QED) is 0.619. The van der Waals surface area contributed by atoms with Gasteiger partial charge < -0.3 is 14.2 Å². The predicted octanol–water partition coefficient (Wildman–Crippen LogP) is 4.01. The number of rotatable bonds is 2. The molecule has 0 atom stereocenters. The average molecular weight is 320 g/mol. The molecule has 0 aromatic heterocycles. The zero-order chi connectivity index (χ0) is 16.7. The Morgan fingerprint density at radius 3 is 2.62 bits per heavy atom. The predicted molar refractivity (Wildman–Crippen MR) is 90.5 cm³/mol. The lowest BCUT2D eigenvalue weighted by Gasteiger charge is -2.05. The summed E-state index contributed by atoms with van der Waals surface area (Å²) < 4.78 is 16.1. The molecule has 2 aliphatic rings. The third kappa shape index (κ3) is 2.56. The maximum atomic E-state index is 12.1. The van der Waals surface area contributed by atoms with Crippen molar-refractivity contribution in [1.29, 1.82) is 0 Å². The van der Waals surface area contributed by atoms with Crippen molar-refractivity contribution in [3.05, 3.63) is 70.3 Å². The molecule has 0 radical (unpaired) electrons. The summed E-state index contributed by atoms with van der Waals surface area (Å²) in [6.07, 6.45) is 3.56. The van der Waals surface area contributed by atoms with Crippen molar-refractivity contribution in [2.24, 2.45) is 0 Å². The first-order valence-electron chi connectivity index (χ1n) is 7.73. The van der Waals surface area contributed by atoms with Crippen LogP contribution in [0.2, 0.25) is 0 Å². The van der Waals surface area contributed by atoms with Gasteiger partial charge in [-0.2, -0.15) is 0 Å². The SMILES string of the molecule is Cc1ccc(C2=CC(=Cc3ccc4c(c3)OCO4)C(=O)O2)cc1C. The zero-order valence-corrected chi connectivity index (χ0v) is 13.5. The van der Waals surface area contributed by atoms with Gasteiger partial charge in [-0.25, -0.2) is 4.79 Å². The highest BCUT2D eigenvalue weighted by atomic mass is 16.7. The molecule has 120 valence electrons. The Morgan fingerprint density at radius 2 is 1.79 bits per heavy atom. The van der Waals surface area contributed by atoms with Crippen LogP contribution >= 0.6 is 0 Å². The smallest absolute Gasteiger partial charge is 0.343 e. The number of hydrogen-bond acceptors (Lipinski definition) is 4. The third-order valence-electron chi connectivity index (χ3n) is 4.24. The Morgan fingerprint density at radius 1 is 0.958 bits per heavy atom. The number of ether oxygens (including phenoxy) is 3. The van der Waals surface area contributed by atoms with Crippen LogP contribution in [0, 0.1) is 13.8 Å². The summed E-state index contributed by atoms with van der Waals surface area (Å²) in [7, 11) is 0. The van der Waals surface area contributed by atoms with Gasteiger partial charge in [0.1, 0.15) is 5.76 Å². The second-order valence-electron chi connectivity index (χ2n) is 5.91. The molecular formula is C20H16O4. The fraction of sp³-hybridized carbons (Fsp3) is 0.150. The van der Waals surface area contributed by atoms with Crippen LogP contribution in [0.1, 0.15) is 22.3 Å². The van der Waals surface area contributed by atoms with Gasteiger partial charge in [-0.3, -0.25) is 0 Å². The van der Waals surface area contributed by atoms with E-state index < -0.39 is 0 Å². The van der Waals surface area contributed by atoms with Crippen LogP contribution in [-0.2, 0) is 9.53 Å². The largest absolute Gasteiger partial charge is 0.454 e. The Bertz CT molecular complexity index is 906. The third-order valence-corrected chi connectivity index (χ3v) is 4.24. The van der Waals surface area contributed by atoms with Gasteiger partial charge in [0.25, 0.3) is 0 Å². The van der Waals surface area contributed by atoms with E-state index in [9.17, 15) is 4.79 Å². The average Bonchev–Trinajstić information content (AvgIpc) is 3.17. The van der Waals surface area contributed by atoms with Crippen molar-refractivity contribution in [2.75, 3.05) is 6.79 Å². The first-order valence-corrected chi connectivity index (χ1v) is 7.73. The molecule has 0 saturated carbocycles. The van der Waals surface area contributed by atoms with Gasteiger partial charge in [0.05, 0.1) is 5.57 Å². The zero-order valence-electron chi connectivity index (χ0n) is 13.5. The molecule has 0 bridgehead atoms. The summed E-state index contributed by atoms with van der Waals surface area (Å²) in [6, 6.07) is 11.6.